The third-order valence-corrected chi connectivity index (χ3v) is 5.28. The van der Waals surface area contributed by atoms with Crippen molar-refractivity contribution >= 4 is 22.9 Å². The standard InChI is InChI=1S/C20H21N9O/c21-3-4-28-11-14-2-1-12(6-16(14)20(28)30)9-29-10-13(8-23-29)5-15-7-17(22)24-19-18(15)25-27-26-19/h1-2,6-8,10H,3-5,9,11,21H2,(H3,22,24,25,26,27). The number of benzene rings is 1. The van der Waals surface area contributed by atoms with Gasteiger partial charge in [-0.15, -0.1) is 5.10 Å². The van der Waals surface area contributed by atoms with Crippen LogP contribution < -0.4 is 11.5 Å². The van der Waals surface area contributed by atoms with E-state index in [2.05, 4.69) is 25.5 Å². The number of fused-ring (bicyclic) bond motifs is 2. The highest BCUT2D eigenvalue weighted by Gasteiger charge is 2.26. The number of pyridine rings is 1. The maximum absolute atomic E-state index is 12.5. The first-order chi connectivity index (χ1) is 14.6. The molecular formula is C20H21N9O. The number of H-pyrrole nitrogens is 1. The van der Waals surface area contributed by atoms with E-state index in [1.165, 1.54) is 0 Å². The molecule has 1 aromatic carbocycles. The Hall–Kier alpha value is -3.79. The van der Waals surface area contributed by atoms with Gasteiger partial charge < -0.3 is 16.4 Å². The van der Waals surface area contributed by atoms with Gasteiger partial charge in [-0.1, -0.05) is 17.3 Å². The summed E-state index contributed by atoms with van der Waals surface area (Å²) in [4.78, 5) is 18.5. The topological polar surface area (TPSA) is 145 Å². The lowest BCUT2D eigenvalue weighted by molar-refractivity contribution is 0.0783. The fourth-order valence-electron chi connectivity index (χ4n) is 3.89. The molecule has 1 amide bonds. The van der Waals surface area contributed by atoms with Crippen LogP contribution in [-0.4, -0.2) is 54.1 Å². The lowest BCUT2D eigenvalue weighted by Crippen LogP contribution is -2.29. The van der Waals surface area contributed by atoms with Crippen LogP contribution in [0.4, 0.5) is 5.82 Å². The molecule has 0 spiro atoms. The molecule has 10 heteroatoms. The van der Waals surface area contributed by atoms with Crippen LogP contribution in [0.1, 0.15) is 32.6 Å². The second-order valence-corrected chi connectivity index (χ2v) is 7.45. The number of anilines is 1. The number of carbonyl (C=O) groups excluding carboxylic acids is 1. The van der Waals surface area contributed by atoms with Gasteiger partial charge in [0.2, 0.25) is 0 Å². The van der Waals surface area contributed by atoms with Crippen LogP contribution in [0, 0.1) is 0 Å². The second kappa shape index (κ2) is 7.23. The van der Waals surface area contributed by atoms with Crippen molar-refractivity contribution in [3.8, 4) is 0 Å². The predicted octanol–water partition coefficient (Wildman–Crippen LogP) is 0.685. The summed E-state index contributed by atoms with van der Waals surface area (Å²) in [6.07, 6.45) is 4.43. The number of rotatable bonds is 6. The quantitative estimate of drug-likeness (QED) is 0.429. The zero-order valence-electron chi connectivity index (χ0n) is 16.2. The van der Waals surface area contributed by atoms with E-state index < -0.39 is 0 Å². The Morgan fingerprint density at radius 3 is 2.97 bits per heavy atom. The van der Waals surface area contributed by atoms with E-state index in [0.717, 1.165) is 27.8 Å². The van der Waals surface area contributed by atoms with Crippen LogP contribution in [0.25, 0.3) is 11.2 Å². The number of hydrogen-bond donors (Lipinski definition) is 3. The summed E-state index contributed by atoms with van der Waals surface area (Å²) in [5, 5.41) is 15.1. The number of carbonyl (C=O) groups is 1. The normalized spacial score (nSPS) is 13.4. The van der Waals surface area contributed by atoms with Crippen LogP contribution in [0.15, 0.2) is 36.7 Å². The van der Waals surface area contributed by atoms with Gasteiger partial charge in [0, 0.05) is 37.8 Å². The van der Waals surface area contributed by atoms with Gasteiger partial charge in [0.25, 0.3) is 5.91 Å². The Morgan fingerprint density at radius 2 is 2.10 bits per heavy atom. The lowest BCUT2D eigenvalue weighted by Gasteiger charge is -2.13. The first-order valence-corrected chi connectivity index (χ1v) is 9.69. The van der Waals surface area contributed by atoms with E-state index in [4.69, 9.17) is 11.5 Å². The first-order valence-electron chi connectivity index (χ1n) is 9.69. The number of nitrogens with zero attached hydrogens (tertiary/aromatic N) is 6. The third kappa shape index (κ3) is 3.26. The Balaban J connectivity index is 1.34. The molecular weight excluding hydrogens is 382 g/mol. The van der Waals surface area contributed by atoms with Crippen molar-refractivity contribution in [3.63, 3.8) is 0 Å². The molecule has 1 aliphatic heterocycles. The second-order valence-electron chi connectivity index (χ2n) is 7.45. The van der Waals surface area contributed by atoms with E-state index >= 15 is 0 Å². The van der Waals surface area contributed by atoms with Crippen LogP contribution in [0.3, 0.4) is 0 Å². The molecule has 0 fully saturated rings. The minimum absolute atomic E-state index is 0.0466. The van der Waals surface area contributed by atoms with E-state index in [0.29, 0.717) is 49.6 Å². The van der Waals surface area contributed by atoms with E-state index in [1.54, 1.807) is 11.0 Å². The molecule has 10 nitrogen and oxygen atoms in total. The minimum Gasteiger partial charge on any atom is -0.384 e. The SMILES string of the molecule is NCCN1Cc2ccc(Cn3cc(Cc4cc(N)nc5[nH]nnc45)cn3)cc2C1=O. The zero-order valence-corrected chi connectivity index (χ0v) is 16.2. The van der Waals surface area contributed by atoms with Gasteiger partial charge in [-0.3, -0.25) is 9.48 Å². The van der Waals surface area contributed by atoms with Crippen LogP contribution in [0.2, 0.25) is 0 Å². The van der Waals surface area contributed by atoms with Gasteiger partial charge in [-0.2, -0.15) is 5.10 Å². The summed E-state index contributed by atoms with van der Waals surface area (Å²) in [7, 11) is 0. The molecule has 4 heterocycles. The molecule has 152 valence electrons. The van der Waals surface area contributed by atoms with E-state index in [1.807, 2.05) is 35.3 Å². The molecule has 0 saturated heterocycles. The number of amides is 1. The van der Waals surface area contributed by atoms with E-state index in [-0.39, 0.29) is 5.91 Å². The van der Waals surface area contributed by atoms with Crippen molar-refractivity contribution in [2.24, 2.45) is 5.73 Å². The summed E-state index contributed by atoms with van der Waals surface area (Å²) in [5.74, 6) is 0.466. The highest BCUT2D eigenvalue weighted by Crippen LogP contribution is 2.24. The summed E-state index contributed by atoms with van der Waals surface area (Å²) in [6.45, 7) is 2.24. The largest absolute Gasteiger partial charge is 0.384 e. The fourth-order valence-corrected chi connectivity index (χ4v) is 3.89. The molecule has 0 unspecified atom stereocenters. The molecule has 4 aromatic rings. The number of aromatic nitrogens is 6. The van der Waals surface area contributed by atoms with Crippen LogP contribution >= 0.6 is 0 Å². The van der Waals surface area contributed by atoms with Crippen molar-refractivity contribution in [1.82, 2.24) is 35.1 Å². The van der Waals surface area contributed by atoms with Crippen molar-refractivity contribution in [2.75, 3.05) is 18.8 Å². The fraction of sp³-hybridized carbons (Fsp3) is 0.250. The molecule has 0 saturated carbocycles. The maximum atomic E-state index is 12.5. The first kappa shape index (κ1) is 18.3. The van der Waals surface area contributed by atoms with E-state index in [9.17, 15) is 4.79 Å². The lowest BCUT2D eigenvalue weighted by atomic mass is 10.1. The molecule has 1 aliphatic rings. The molecule has 3 aromatic heterocycles. The predicted molar refractivity (Wildman–Crippen MR) is 110 cm³/mol. The molecule has 5 N–H and O–H groups in total. The van der Waals surface area contributed by atoms with Gasteiger partial charge in [-0.25, -0.2) is 10.1 Å². The summed E-state index contributed by atoms with van der Waals surface area (Å²) in [5.41, 5.74) is 17.6. The molecule has 0 atom stereocenters. The minimum atomic E-state index is 0.0466. The number of nitrogens with one attached hydrogen (secondary N) is 1. The monoisotopic (exact) mass is 403 g/mol. The maximum Gasteiger partial charge on any atom is 0.254 e. The Labute approximate surface area is 171 Å². The average molecular weight is 403 g/mol. The van der Waals surface area contributed by atoms with Gasteiger partial charge in [0.15, 0.2) is 5.65 Å². The van der Waals surface area contributed by atoms with Gasteiger partial charge in [0.05, 0.1) is 12.7 Å². The Bertz CT molecular complexity index is 1240. The van der Waals surface area contributed by atoms with Crippen molar-refractivity contribution < 1.29 is 4.79 Å². The van der Waals surface area contributed by atoms with Crippen molar-refractivity contribution in [3.05, 3.63) is 64.5 Å². The summed E-state index contributed by atoms with van der Waals surface area (Å²) >= 11 is 0. The number of nitrogens with two attached hydrogens (primary N) is 2. The molecule has 0 radical (unpaired) electrons. The van der Waals surface area contributed by atoms with Crippen LogP contribution in [-0.2, 0) is 19.5 Å². The van der Waals surface area contributed by atoms with Crippen molar-refractivity contribution in [1.29, 1.82) is 0 Å². The highest BCUT2D eigenvalue weighted by molar-refractivity contribution is 5.98. The smallest absolute Gasteiger partial charge is 0.254 e. The third-order valence-electron chi connectivity index (χ3n) is 5.28. The Kier molecular flexibility index (Phi) is 4.40. The number of aromatic amines is 1. The number of nitrogen functional groups attached to an aromatic ring is 1. The van der Waals surface area contributed by atoms with Crippen molar-refractivity contribution in [2.45, 2.75) is 19.5 Å². The molecule has 30 heavy (non-hydrogen) atoms. The highest BCUT2D eigenvalue weighted by atomic mass is 16.2. The van der Waals surface area contributed by atoms with Gasteiger partial charge in [0.1, 0.15) is 11.3 Å². The average Bonchev–Trinajstić information content (AvgIpc) is 3.43. The molecule has 0 aliphatic carbocycles. The number of hydrogen-bond acceptors (Lipinski definition) is 7. The summed E-state index contributed by atoms with van der Waals surface area (Å²) in [6, 6.07) is 7.83. The molecule has 5 rings (SSSR count). The van der Waals surface area contributed by atoms with Gasteiger partial charge in [-0.05, 0) is 34.4 Å². The zero-order chi connectivity index (χ0) is 20.7. The van der Waals surface area contributed by atoms with Gasteiger partial charge >= 0.3 is 0 Å². The summed E-state index contributed by atoms with van der Waals surface area (Å²) < 4.78 is 1.86. The van der Waals surface area contributed by atoms with Crippen LogP contribution in [0.5, 0.6) is 0 Å². The molecule has 0 bridgehead atoms. The Morgan fingerprint density at radius 1 is 1.20 bits per heavy atom.